The monoisotopic (exact) mass is 300 g/mol. The van der Waals surface area contributed by atoms with Gasteiger partial charge in [0.1, 0.15) is 5.75 Å². The molecule has 1 N–H and O–H groups in total. The van der Waals surface area contributed by atoms with Crippen LogP contribution in [0.25, 0.3) is 20.2 Å². The number of carboxylic acids is 1. The van der Waals surface area contributed by atoms with E-state index in [1.807, 2.05) is 25.1 Å². The lowest BCUT2D eigenvalue weighted by Gasteiger charge is -2.09. The fourth-order valence-electron chi connectivity index (χ4n) is 2.29. The van der Waals surface area contributed by atoms with Crippen molar-refractivity contribution in [1.29, 1.82) is 0 Å². The molecule has 2 aromatic carbocycles. The number of fused-ring (bicyclic) bond motifs is 2. The van der Waals surface area contributed by atoms with Crippen LogP contribution >= 0.6 is 11.3 Å². The zero-order valence-electron chi connectivity index (χ0n) is 11.3. The van der Waals surface area contributed by atoms with Crippen molar-refractivity contribution in [2.75, 3.05) is 6.61 Å². The molecule has 0 saturated heterocycles. The van der Waals surface area contributed by atoms with Crippen LogP contribution < -0.4 is 10.2 Å². The Morgan fingerprint density at radius 1 is 1.24 bits per heavy atom. The molecule has 21 heavy (non-hydrogen) atoms. The number of aryl methyl sites for hydroxylation is 1. The summed E-state index contributed by atoms with van der Waals surface area (Å²) in [5.41, 5.74) is 0.817. The van der Waals surface area contributed by atoms with E-state index >= 15 is 0 Å². The second kappa shape index (κ2) is 5.18. The van der Waals surface area contributed by atoms with Crippen molar-refractivity contribution in [2.45, 2.75) is 6.92 Å². The zero-order chi connectivity index (χ0) is 15.0. The molecule has 5 heteroatoms. The number of ether oxygens (including phenoxy) is 1. The van der Waals surface area contributed by atoms with E-state index in [9.17, 15) is 9.59 Å². The summed E-state index contributed by atoms with van der Waals surface area (Å²) in [5.74, 6) is -0.609. The van der Waals surface area contributed by atoms with Crippen molar-refractivity contribution in [3.05, 3.63) is 52.2 Å². The predicted molar refractivity (Wildman–Crippen MR) is 83.5 cm³/mol. The van der Waals surface area contributed by atoms with Crippen LogP contribution in [0, 0.1) is 6.92 Å². The summed E-state index contributed by atoms with van der Waals surface area (Å²) in [7, 11) is 0. The first kappa shape index (κ1) is 13.6. The second-order valence-corrected chi connectivity index (χ2v) is 5.75. The minimum atomic E-state index is -1.04. The van der Waals surface area contributed by atoms with Gasteiger partial charge in [0.15, 0.2) is 12.0 Å². The van der Waals surface area contributed by atoms with E-state index in [0.29, 0.717) is 21.2 Å². The Balaban J connectivity index is 2.34. The van der Waals surface area contributed by atoms with Gasteiger partial charge in [0.25, 0.3) is 0 Å². The third-order valence-corrected chi connectivity index (χ3v) is 4.44. The molecule has 0 aliphatic carbocycles. The van der Waals surface area contributed by atoms with Crippen LogP contribution in [0.1, 0.15) is 5.56 Å². The third-order valence-electron chi connectivity index (χ3n) is 3.25. The summed E-state index contributed by atoms with van der Waals surface area (Å²) >= 11 is 1.44. The molecule has 1 aromatic heterocycles. The van der Waals surface area contributed by atoms with E-state index in [1.54, 1.807) is 18.2 Å². The maximum atomic E-state index is 12.6. The lowest BCUT2D eigenvalue weighted by Crippen LogP contribution is -2.10. The normalized spacial score (nSPS) is 10.9. The highest BCUT2D eigenvalue weighted by molar-refractivity contribution is 7.24. The number of hydrogen-bond acceptors (Lipinski definition) is 4. The van der Waals surface area contributed by atoms with Gasteiger partial charge in [-0.3, -0.25) is 4.79 Å². The van der Waals surface area contributed by atoms with Crippen molar-refractivity contribution >= 4 is 37.5 Å². The molecule has 0 saturated carbocycles. The standard InChI is InChI=1S/C16H12O4S/c1-9-6-7-11(20-8-13(17)18)16-14(9)15(19)10-4-2-3-5-12(10)21-16/h2-7H,8H2,1H3,(H,17,18). The van der Waals surface area contributed by atoms with Crippen LogP contribution in [0.3, 0.4) is 0 Å². The Morgan fingerprint density at radius 2 is 2.00 bits per heavy atom. The lowest BCUT2D eigenvalue weighted by atomic mass is 10.1. The highest BCUT2D eigenvalue weighted by atomic mass is 32.1. The highest BCUT2D eigenvalue weighted by Crippen LogP contribution is 2.33. The molecular weight excluding hydrogens is 288 g/mol. The van der Waals surface area contributed by atoms with Gasteiger partial charge in [-0.2, -0.15) is 0 Å². The van der Waals surface area contributed by atoms with E-state index in [1.165, 1.54) is 11.3 Å². The van der Waals surface area contributed by atoms with Crippen LogP contribution in [0.15, 0.2) is 41.2 Å². The Morgan fingerprint density at radius 3 is 2.76 bits per heavy atom. The van der Waals surface area contributed by atoms with Crippen LogP contribution in [-0.4, -0.2) is 17.7 Å². The van der Waals surface area contributed by atoms with Crippen molar-refractivity contribution < 1.29 is 14.6 Å². The van der Waals surface area contributed by atoms with Crippen LogP contribution in [-0.2, 0) is 4.79 Å². The van der Waals surface area contributed by atoms with Gasteiger partial charge in [-0.25, -0.2) is 4.79 Å². The SMILES string of the molecule is Cc1ccc(OCC(=O)O)c2sc3ccccc3c(=O)c12. The van der Waals surface area contributed by atoms with E-state index in [0.717, 1.165) is 10.3 Å². The van der Waals surface area contributed by atoms with Gasteiger partial charge >= 0.3 is 5.97 Å². The molecule has 106 valence electrons. The molecule has 4 nitrogen and oxygen atoms in total. The van der Waals surface area contributed by atoms with Gasteiger partial charge in [-0.1, -0.05) is 18.2 Å². The van der Waals surface area contributed by atoms with Crippen LogP contribution in [0.4, 0.5) is 0 Å². The first-order valence-corrected chi connectivity index (χ1v) is 7.19. The Bertz CT molecular complexity index is 911. The van der Waals surface area contributed by atoms with E-state index < -0.39 is 12.6 Å². The molecule has 0 aliphatic heterocycles. The first-order valence-electron chi connectivity index (χ1n) is 6.37. The van der Waals surface area contributed by atoms with Gasteiger partial charge in [0.05, 0.1) is 4.70 Å². The van der Waals surface area contributed by atoms with E-state index in [2.05, 4.69) is 0 Å². The van der Waals surface area contributed by atoms with Crippen molar-refractivity contribution in [3.8, 4) is 5.75 Å². The van der Waals surface area contributed by atoms with Gasteiger partial charge in [0, 0.05) is 15.5 Å². The van der Waals surface area contributed by atoms with Crippen molar-refractivity contribution in [3.63, 3.8) is 0 Å². The fraction of sp³-hybridized carbons (Fsp3) is 0.125. The topological polar surface area (TPSA) is 63.6 Å². The summed E-state index contributed by atoms with van der Waals surface area (Å²) in [6.07, 6.45) is 0. The fourth-order valence-corrected chi connectivity index (χ4v) is 3.51. The largest absolute Gasteiger partial charge is 0.480 e. The molecule has 0 fully saturated rings. The summed E-state index contributed by atoms with van der Waals surface area (Å²) in [6, 6.07) is 10.9. The molecule has 3 rings (SSSR count). The molecule has 0 atom stereocenters. The predicted octanol–water partition coefficient (Wildman–Crippen LogP) is 3.19. The number of aliphatic carboxylic acids is 1. The molecule has 0 aliphatic rings. The van der Waals surface area contributed by atoms with Gasteiger partial charge in [-0.15, -0.1) is 11.3 Å². The van der Waals surface area contributed by atoms with E-state index in [4.69, 9.17) is 9.84 Å². The van der Waals surface area contributed by atoms with Crippen LogP contribution in [0.5, 0.6) is 5.75 Å². The summed E-state index contributed by atoms with van der Waals surface area (Å²) in [4.78, 5) is 23.3. The second-order valence-electron chi connectivity index (χ2n) is 4.69. The number of rotatable bonds is 3. The van der Waals surface area contributed by atoms with Crippen LogP contribution in [0.2, 0.25) is 0 Å². The molecule has 0 bridgehead atoms. The maximum absolute atomic E-state index is 12.6. The van der Waals surface area contributed by atoms with Crippen molar-refractivity contribution in [2.24, 2.45) is 0 Å². The maximum Gasteiger partial charge on any atom is 0.341 e. The summed E-state index contributed by atoms with van der Waals surface area (Å²) in [5, 5.41) is 10.0. The molecule has 0 unspecified atom stereocenters. The number of hydrogen-bond donors (Lipinski definition) is 1. The lowest BCUT2D eigenvalue weighted by molar-refractivity contribution is -0.139. The molecule has 3 aromatic rings. The highest BCUT2D eigenvalue weighted by Gasteiger charge is 2.13. The molecular formula is C16H12O4S. The summed E-state index contributed by atoms with van der Waals surface area (Å²) in [6.45, 7) is 1.44. The number of carboxylic acid groups (broad SMARTS) is 1. The van der Waals surface area contributed by atoms with Gasteiger partial charge < -0.3 is 9.84 Å². The minimum absolute atomic E-state index is 0.0439. The Kier molecular flexibility index (Phi) is 3.35. The molecule has 0 amide bonds. The minimum Gasteiger partial charge on any atom is -0.480 e. The third kappa shape index (κ3) is 2.36. The van der Waals surface area contributed by atoms with E-state index in [-0.39, 0.29) is 5.43 Å². The average Bonchev–Trinajstić information content (AvgIpc) is 2.46. The van der Waals surface area contributed by atoms with Crippen molar-refractivity contribution in [1.82, 2.24) is 0 Å². The summed E-state index contributed by atoms with van der Waals surface area (Å²) < 4.78 is 6.87. The first-order chi connectivity index (χ1) is 10.1. The van der Waals surface area contributed by atoms with Gasteiger partial charge in [0.2, 0.25) is 0 Å². The number of benzene rings is 2. The smallest absolute Gasteiger partial charge is 0.341 e. The molecule has 0 radical (unpaired) electrons. The Hall–Kier alpha value is -2.40. The zero-order valence-corrected chi connectivity index (χ0v) is 12.1. The number of carbonyl (C=O) groups is 1. The quantitative estimate of drug-likeness (QED) is 0.755. The van der Waals surface area contributed by atoms with Gasteiger partial charge in [-0.05, 0) is 30.7 Å². The molecule has 0 spiro atoms. The average molecular weight is 300 g/mol. The Labute approximate surface area is 124 Å². The molecule has 1 heterocycles.